The highest BCUT2D eigenvalue weighted by atomic mass is 32.2. The van der Waals surface area contributed by atoms with Gasteiger partial charge in [-0.3, -0.25) is 4.79 Å². The van der Waals surface area contributed by atoms with E-state index in [0.717, 1.165) is 4.88 Å². The van der Waals surface area contributed by atoms with E-state index in [0.29, 0.717) is 10.6 Å². The van der Waals surface area contributed by atoms with Gasteiger partial charge in [-0.1, -0.05) is 6.07 Å². The normalized spacial score (nSPS) is 12.1. The van der Waals surface area contributed by atoms with Gasteiger partial charge in [-0.15, -0.1) is 23.1 Å². The first-order chi connectivity index (χ1) is 9.22. The van der Waals surface area contributed by atoms with E-state index in [9.17, 15) is 9.90 Å². The predicted molar refractivity (Wildman–Crippen MR) is 77.6 cm³/mol. The van der Waals surface area contributed by atoms with Crippen molar-refractivity contribution >= 4 is 29.0 Å². The van der Waals surface area contributed by atoms with Crippen LogP contribution in [0.25, 0.3) is 0 Å². The number of thioether (sulfide) groups is 1. The van der Waals surface area contributed by atoms with E-state index >= 15 is 0 Å². The molecule has 2 aromatic rings. The predicted octanol–water partition coefficient (Wildman–Crippen LogP) is 2.33. The van der Waals surface area contributed by atoms with Gasteiger partial charge >= 0.3 is 0 Å². The Balaban J connectivity index is 1.98. The summed E-state index contributed by atoms with van der Waals surface area (Å²) in [5, 5.41) is 15.2. The lowest BCUT2D eigenvalue weighted by molar-refractivity contribution is 0.0914. The van der Waals surface area contributed by atoms with Crippen LogP contribution in [0.2, 0.25) is 0 Å². The Hall–Kier alpha value is -1.37. The second-order valence-corrected chi connectivity index (χ2v) is 5.58. The fourth-order valence-electron chi connectivity index (χ4n) is 1.59. The molecule has 4 nitrogen and oxygen atoms in total. The molecule has 0 aromatic carbocycles. The molecule has 1 atom stereocenters. The van der Waals surface area contributed by atoms with E-state index in [1.165, 1.54) is 23.1 Å². The van der Waals surface area contributed by atoms with Gasteiger partial charge in [0.2, 0.25) is 0 Å². The van der Waals surface area contributed by atoms with Crippen molar-refractivity contribution in [1.82, 2.24) is 10.3 Å². The highest BCUT2D eigenvalue weighted by molar-refractivity contribution is 7.98. The van der Waals surface area contributed by atoms with E-state index in [2.05, 4.69) is 10.3 Å². The number of rotatable bonds is 5. The van der Waals surface area contributed by atoms with Crippen LogP contribution in [-0.2, 0) is 0 Å². The van der Waals surface area contributed by atoms with Crippen molar-refractivity contribution < 1.29 is 9.90 Å². The number of carbonyl (C=O) groups excluding carboxylic acids is 1. The summed E-state index contributed by atoms with van der Waals surface area (Å²) in [4.78, 5) is 17.0. The van der Waals surface area contributed by atoms with E-state index < -0.39 is 6.10 Å². The molecule has 2 N–H and O–H groups in total. The highest BCUT2D eigenvalue weighted by Crippen LogP contribution is 2.19. The molecule has 0 aliphatic rings. The second-order valence-electron chi connectivity index (χ2n) is 3.80. The van der Waals surface area contributed by atoms with Crippen LogP contribution in [0.1, 0.15) is 21.3 Å². The van der Waals surface area contributed by atoms with Gasteiger partial charge in [-0.25, -0.2) is 4.98 Å². The van der Waals surface area contributed by atoms with Crippen molar-refractivity contribution in [3.63, 3.8) is 0 Å². The van der Waals surface area contributed by atoms with Crippen molar-refractivity contribution in [3.05, 3.63) is 46.3 Å². The Bertz CT molecular complexity index is 543. The lowest BCUT2D eigenvalue weighted by atomic mass is 10.2. The van der Waals surface area contributed by atoms with Gasteiger partial charge in [0.05, 0.1) is 5.56 Å². The molecule has 0 aliphatic heterocycles. The van der Waals surface area contributed by atoms with Gasteiger partial charge in [0.15, 0.2) is 0 Å². The zero-order valence-electron chi connectivity index (χ0n) is 10.4. The minimum absolute atomic E-state index is 0.196. The number of nitrogens with one attached hydrogen (secondary N) is 1. The number of nitrogens with zero attached hydrogens (tertiary/aromatic N) is 1. The van der Waals surface area contributed by atoms with Crippen molar-refractivity contribution in [1.29, 1.82) is 0 Å². The van der Waals surface area contributed by atoms with Crippen LogP contribution in [0, 0.1) is 0 Å². The van der Waals surface area contributed by atoms with Crippen molar-refractivity contribution in [2.75, 3.05) is 12.8 Å². The number of hydrogen-bond donors (Lipinski definition) is 2. The first-order valence-electron chi connectivity index (χ1n) is 5.71. The number of aliphatic hydroxyl groups is 1. The minimum Gasteiger partial charge on any atom is -0.386 e. The molecule has 0 fully saturated rings. The fraction of sp³-hybridized carbons (Fsp3) is 0.231. The minimum atomic E-state index is -0.668. The molecule has 2 rings (SSSR count). The molecule has 0 radical (unpaired) electrons. The Labute approximate surface area is 119 Å². The van der Waals surface area contributed by atoms with Gasteiger partial charge in [0, 0.05) is 17.6 Å². The second kappa shape index (κ2) is 6.70. The topological polar surface area (TPSA) is 62.2 Å². The Morgan fingerprint density at radius 2 is 2.37 bits per heavy atom. The number of aromatic nitrogens is 1. The molecular weight excluding hydrogens is 280 g/mol. The lowest BCUT2D eigenvalue weighted by Crippen LogP contribution is -2.28. The zero-order chi connectivity index (χ0) is 13.7. The molecular formula is C13H14N2O2S2. The number of hydrogen-bond acceptors (Lipinski definition) is 5. The average Bonchev–Trinajstić information content (AvgIpc) is 2.98. The van der Waals surface area contributed by atoms with Gasteiger partial charge < -0.3 is 10.4 Å². The van der Waals surface area contributed by atoms with Crippen molar-refractivity contribution in [2.45, 2.75) is 11.1 Å². The first kappa shape index (κ1) is 14.0. The quantitative estimate of drug-likeness (QED) is 0.831. The SMILES string of the molecule is CSc1ncccc1C(=O)NCC(O)c1cccs1. The fourth-order valence-corrected chi connectivity index (χ4v) is 2.85. The van der Waals surface area contributed by atoms with Crippen LogP contribution in [-0.4, -0.2) is 28.8 Å². The summed E-state index contributed by atoms with van der Waals surface area (Å²) in [7, 11) is 0. The van der Waals surface area contributed by atoms with Gasteiger partial charge in [0.1, 0.15) is 11.1 Å². The third-order valence-corrected chi connectivity index (χ3v) is 4.22. The molecule has 0 saturated heterocycles. The summed E-state index contributed by atoms with van der Waals surface area (Å²) in [6, 6.07) is 7.17. The highest BCUT2D eigenvalue weighted by Gasteiger charge is 2.14. The standard InChI is InChI=1S/C13H14N2O2S2/c1-18-13-9(4-2-6-14-13)12(17)15-8-10(16)11-5-3-7-19-11/h2-7,10,16H,8H2,1H3,(H,15,17). The van der Waals surface area contributed by atoms with Crippen LogP contribution >= 0.6 is 23.1 Å². The largest absolute Gasteiger partial charge is 0.386 e. The lowest BCUT2D eigenvalue weighted by Gasteiger charge is -2.11. The number of thiophene rings is 1. The summed E-state index contributed by atoms with van der Waals surface area (Å²) in [5.74, 6) is -0.215. The van der Waals surface area contributed by atoms with Crippen LogP contribution in [0.5, 0.6) is 0 Å². The molecule has 6 heteroatoms. The maximum atomic E-state index is 12.0. The number of aliphatic hydroxyl groups excluding tert-OH is 1. The van der Waals surface area contributed by atoms with Crippen LogP contribution < -0.4 is 5.32 Å². The van der Waals surface area contributed by atoms with Gasteiger partial charge in [-0.05, 0) is 29.8 Å². The number of amides is 1. The molecule has 0 aliphatic carbocycles. The third-order valence-electron chi connectivity index (χ3n) is 2.54. The molecule has 100 valence electrons. The van der Waals surface area contributed by atoms with E-state index in [1.54, 1.807) is 18.3 Å². The van der Waals surface area contributed by atoms with Crippen LogP contribution in [0.4, 0.5) is 0 Å². The number of carbonyl (C=O) groups is 1. The Morgan fingerprint density at radius 3 is 3.05 bits per heavy atom. The first-order valence-corrected chi connectivity index (χ1v) is 7.81. The van der Waals surface area contributed by atoms with E-state index in [-0.39, 0.29) is 12.5 Å². The summed E-state index contributed by atoms with van der Waals surface area (Å²) < 4.78 is 0. The summed E-state index contributed by atoms with van der Waals surface area (Å²) in [6.45, 7) is 0.196. The van der Waals surface area contributed by atoms with E-state index in [4.69, 9.17) is 0 Å². The maximum absolute atomic E-state index is 12.0. The molecule has 0 saturated carbocycles. The van der Waals surface area contributed by atoms with Crippen LogP contribution in [0.3, 0.4) is 0 Å². The summed E-state index contributed by atoms with van der Waals surface area (Å²) >= 11 is 2.89. The van der Waals surface area contributed by atoms with Crippen LogP contribution in [0.15, 0.2) is 40.9 Å². The molecule has 0 bridgehead atoms. The van der Waals surface area contributed by atoms with Crippen molar-refractivity contribution in [2.24, 2.45) is 0 Å². The summed E-state index contributed by atoms with van der Waals surface area (Å²) in [5.41, 5.74) is 0.536. The molecule has 19 heavy (non-hydrogen) atoms. The molecule has 1 amide bonds. The maximum Gasteiger partial charge on any atom is 0.254 e. The molecule has 1 unspecified atom stereocenters. The third kappa shape index (κ3) is 3.56. The summed E-state index contributed by atoms with van der Waals surface area (Å²) in [6.07, 6.45) is 2.86. The number of pyridine rings is 1. The van der Waals surface area contributed by atoms with Gasteiger partial charge in [-0.2, -0.15) is 0 Å². The average molecular weight is 294 g/mol. The molecule has 2 aromatic heterocycles. The Kier molecular flexibility index (Phi) is 4.95. The van der Waals surface area contributed by atoms with Gasteiger partial charge in [0.25, 0.3) is 5.91 Å². The van der Waals surface area contributed by atoms with Crippen molar-refractivity contribution in [3.8, 4) is 0 Å². The zero-order valence-corrected chi connectivity index (χ0v) is 12.0. The monoisotopic (exact) mass is 294 g/mol. The smallest absolute Gasteiger partial charge is 0.254 e. The Morgan fingerprint density at radius 1 is 1.53 bits per heavy atom. The van der Waals surface area contributed by atoms with E-state index in [1.807, 2.05) is 23.8 Å². The molecule has 0 spiro atoms. The molecule has 2 heterocycles.